The van der Waals surface area contributed by atoms with Crippen LogP contribution in [0.4, 0.5) is 5.82 Å². The first-order chi connectivity index (χ1) is 13.7. The summed E-state index contributed by atoms with van der Waals surface area (Å²) in [7, 11) is 0. The van der Waals surface area contributed by atoms with Crippen LogP contribution in [0.1, 0.15) is 40.8 Å². The molecule has 150 valence electrons. The summed E-state index contributed by atoms with van der Waals surface area (Å²) in [5, 5.41) is 7.55. The number of morpholine rings is 1. The summed E-state index contributed by atoms with van der Waals surface area (Å²) in [5.41, 5.74) is 2.30. The van der Waals surface area contributed by atoms with Gasteiger partial charge in [-0.3, -0.25) is 9.48 Å². The second-order valence-electron chi connectivity index (χ2n) is 7.23. The Balaban J connectivity index is 1.42. The summed E-state index contributed by atoms with van der Waals surface area (Å²) in [6.45, 7) is 6.84. The van der Waals surface area contributed by atoms with E-state index in [9.17, 15) is 4.79 Å². The number of nitrogens with one attached hydrogen (secondary N) is 1. The minimum atomic E-state index is -0.120. The maximum Gasteiger partial charge on any atom is 0.269 e. The highest BCUT2D eigenvalue weighted by atomic mass is 16.5. The summed E-state index contributed by atoms with van der Waals surface area (Å²) >= 11 is 0. The number of pyridine rings is 1. The Bertz CT molecular complexity index is 810. The van der Waals surface area contributed by atoms with Crippen molar-refractivity contribution in [1.29, 1.82) is 0 Å². The lowest BCUT2D eigenvalue weighted by Gasteiger charge is -2.28. The maximum absolute atomic E-state index is 12.8. The monoisotopic (exact) mass is 385 g/mol. The first-order valence-electron chi connectivity index (χ1n) is 9.91. The van der Waals surface area contributed by atoms with Crippen LogP contribution in [0.2, 0.25) is 0 Å². The minimum Gasteiger partial charge on any atom is -0.381 e. The van der Waals surface area contributed by atoms with E-state index in [0.29, 0.717) is 25.5 Å². The molecule has 2 fully saturated rings. The molecule has 2 aliphatic heterocycles. The van der Waals surface area contributed by atoms with Crippen molar-refractivity contribution in [1.82, 2.24) is 20.1 Å². The van der Waals surface area contributed by atoms with E-state index in [0.717, 1.165) is 56.4 Å². The third-order valence-corrected chi connectivity index (χ3v) is 5.18. The summed E-state index contributed by atoms with van der Waals surface area (Å²) < 4.78 is 12.7. The fourth-order valence-electron chi connectivity index (χ4n) is 3.69. The molecule has 1 amide bonds. The molecule has 0 unspecified atom stereocenters. The van der Waals surface area contributed by atoms with Crippen molar-refractivity contribution < 1.29 is 14.3 Å². The lowest BCUT2D eigenvalue weighted by molar-refractivity contribution is 0.0641. The smallest absolute Gasteiger partial charge is 0.269 e. The molecular weight excluding hydrogens is 358 g/mol. The van der Waals surface area contributed by atoms with E-state index in [2.05, 4.69) is 15.3 Å². The van der Waals surface area contributed by atoms with Gasteiger partial charge in [0.25, 0.3) is 5.91 Å². The molecule has 28 heavy (non-hydrogen) atoms. The van der Waals surface area contributed by atoms with E-state index in [-0.39, 0.29) is 11.9 Å². The Kier molecular flexibility index (Phi) is 5.87. The third kappa shape index (κ3) is 4.34. The molecule has 0 aliphatic carbocycles. The number of anilines is 1. The van der Waals surface area contributed by atoms with Crippen LogP contribution < -0.4 is 10.2 Å². The molecule has 2 aromatic heterocycles. The fourth-order valence-corrected chi connectivity index (χ4v) is 3.69. The molecule has 1 N–H and O–H groups in total. The van der Waals surface area contributed by atoms with Gasteiger partial charge in [0, 0.05) is 26.3 Å². The molecule has 0 aromatic carbocycles. The zero-order chi connectivity index (χ0) is 19.3. The largest absolute Gasteiger partial charge is 0.381 e. The zero-order valence-electron chi connectivity index (χ0n) is 16.3. The van der Waals surface area contributed by atoms with Crippen LogP contribution in [-0.2, 0) is 16.0 Å². The van der Waals surface area contributed by atoms with E-state index in [1.807, 2.05) is 35.9 Å². The summed E-state index contributed by atoms with van der Waals surface area (Å²) in [6, 6.07) is 7.98. The van der Waals surface area contributed by atoms with Crippen LogP contribution in [0, 0.1) is 6.92 Å². The molecule has 2 aliphatic rings. The number of hydrogen-bond acceptors (Lipinski definition) is 6. The number of carbonyl (C=O) groups excluding carboxylic acids is 1. The summed E-state index contributed by atoms with van der Waals surface area (Å²) in [5.74, 6) is 0.809. The molecule has 0 radical (unpaired) electrons. The lowest BCUT2D eigenvalue weighted by Crippen LogP contribution is -2.37. The van der Waals surface area contributed by atoms with Gasteiger partial charge in [-0.05, 0) is 38.0 Å². The van der Waals surface area contributed by atoms with E-state index in [1.54, 1.807) is 0 Å². The van der Waals surface area contributed by atoms with Gasteiger partial charge in [-0.1, -0.05) is 6.07 Å². The number of rotatable bonds is 5. The molecule has 8 nitrogen and oxygen atoms in total. The average molecular weight is 385 g/mol. The van der Waals surface area contributed by atoms with Crippen molar-refractivity contribution >= 4 is 11.7 Å². The van der Waals surface area contributed by atoms with Crippen LogP contribution in [0.15, 0.2) is 24.3 Å². The standard InChI is InChI=1S/C20H27N5O3/c1-15-13-18(25(23-15)17-5-9-27-10-6-17)20(26)21-14-16-3-2-4-19(22-16)24-7-11-28-12-8-24/h2-4,13,17H,5-12,14H2,1H3,(H,21,26). The van der Waals surface area contributed by atoms with Crippen LogP contribution in [0.3, 0.4) is 0 Å². The van der Waals surface area contributed by atoms with Crippen molar-refractivity contribution in [2.24, 2.45) is 0 Å². The highest BCUT2D eigenvalue weighted by molar-refractivity contribution is 5.92. The second kappa shape index (κ2) is 8.70. The third-order valence-electron chi connectivity index (χ3n) is 5.18. The van der Waals surface area contributed by atoms with Crippen molar-refractivity contribution in [3.05, 3.63) is 41.3 Å². The Morgan fingerprint density at radius 3 is 2.71 bits per heavy atom. The number of hydrogen-bond donors (Lipinski definition) is 1. The highest BCUT2D eigenvalue weighted by Crippen LogP contribution is 2.22. The Morgan fingerprint density at radius 1 is 1.18 bits per heavy atom. The van der Waals surface area contributed by atoms with Gasteiger partial charge < -0.3 is 19.7 Å². The molecule has 0 atom stereocenters. The summed E-state index contributed by atoms with van der Waals surface area (Å²) in [6.07, 6.45) is 1.76. The van der Waals surface area contributed by atoms with Gasteiger partial charge in [0.1, 0.15) is 11.5 Å². The number of aromatic nitrogens is 3. The number of aryl methyl sites for hydroxylation is 1. The van der Waals surface area contributed by atoms with Gasteiger partial charge in [-0.25, -0.2) is 4.98 Å². The van der Waals surface area contributed by atoms with Crippen molar-refractivity contribution in [2.75, 3.05) is 44.4 Å². The van der Waals surface area contributed by atoms with E-state index >= 15 is 0 Å². The van der Waals surface area contributed by atoms with Gasteiger partial charge >= 0.3 is 0 Å². The van der Waals surface area contributed by atoms with Gasteiger partial charge in [0.15, 0.2) is 0 Å². The maximum atomic E-state index is 12.8. The minimum absolute atomic E-state index is 0.120. The number of ether oxygens (including phenoxy) is 2. The summed E-state index contributed by atoms with van der Waals surface area (Å²) in [4.78, 5) is 19.7. The van der Waals surface area contributed by atoms with Crippen molar-refractivity contribution in [2.45, 2.75) is 32.4 Å². The average Bonchev–Trinajstić information content (AvgIpc) is 3.15. The van der Waals surface area contributed by atoms with E-state index < -0.39 is 0 Å². The number of nitrogens with zero attached hydrogens (tertiary/aromatic N) is 4. The van der Waals surface area contributed by atoms with Gasteiger partial charge in [0.05, 0.1) is 37.2 Å². The predicted molar refractivity (Wildman–Crippen MR) is 104 cm³/mol. The van der Waals surface area contributed by atoms with Gasteiger partial charge in [0.2, 0.25) is 0 Å². The van der Waals surface area contributed by atoms with Crippen LogP contribution in [0.25, 0.3) is 0 Å². The lowest BCUT2D eigenvalue weighted by atomic mass is 10.1. The Morgan fingerprint density at radius 2 is 1.93 bits per heavy atom. The number of carbonyl (C=O) groups is 1. The van der Waals surface area contributed by atoms with E-state index in [1.165, 1.54) is 0 Å². The quantitative estimate of drug-likeness (QED) is 0.844. The zero-order valence-corrected chi connectivity index (χ0v) is 16.3. The topological polar surface area (TPSA) is 81.5 Å². The van der Waals surface area contributed by atoms with Crippen molar-refractivity contribution in [3.8, 4) is 0 Å². The normalized spacial score (nSPS) is 18.2. The molecule has 4 heterocycles. The Labute approximate surface area is 164 Å². The SMILES string of the molecule is Cc1cc(C(=O)NCc2cccc(N3CCOCC3)n2)n(C2CCOCC2)n1. The fraction of sp³-hybridized carbons (Fsp3) is 0.550. The highest BCUT2D eigenvalue weighted by Gasteiger charge is 2.23. The second-order valence-corrected chi connectivity index (χ2v) is 7.23. The first kappa shape index (κ1) is 18.9. The molecule has 8 heteroatoms. The molecule has 0 spiro atoms. The first-order valence-corrected chi connectivity index (χ1v) is 9.91. The van der Waals surface area contributed by atoms with Crippen LogP contribution in [0.5, 0.6) is 0 Å². The Hall–Kier alpha value is -2.45. The molecule has 2 saturated heterocycles. The predicted octanol–water partition coefficient (Wildman–Crippen LogP) is 1.70. The molecule has 4 rings (SSSR count). The van der Waals surface area contributed by atoms with Crippen LogP contribution in [-0.4, -0.2) is 60.2 Å². The molecule has 2 aromatic rings. The number of amides is 1. The van der Waals surface area contributed by atoms with Crippen LogP contribution >= 0.6 is 0 Å². The van der Waals surface area contributed by atoms with Gasteiger partial charge in [-0.2, -0.15) is 5.10 Å². The molecule has 0 bridgehead atoms. The van der Waals surface area contributed by atoms with Gasteiger partial charge in [-0.15, -0.1) is 0 Å². The molecule has 0 saturated carbocycles. The van der Waals surface area contributed by atoms with E-state index in [4.69, 9.17) is 14.5 Å². The molecular formula is C20H27N5O3. The van der Waals surface area contributed by atoms with Crippen molar-refractivity contribution in [3.63, 3.8) is 0 Å².